The number of amides is 1. The second-order valence-corrected chi connectivity index (χ2v) is 14.3. The molecule has 1 amide bonds. The van der Waals surface area contributed by atoms with Crippen LogP contribution in [0.25, 0.3) is 0 Å². The number of unbranched alkanes of at least 4 members (excludes halogenated alkanes) is 2. The number of carbonyl (C=O) groups excluding carboxylic acids is 1. The van der Waals surface area contributed by atoms with Gasteiger partial charge in [0.2, 0.25) is 6.41 Å². The van der Waals surface area contributed by atoms with Gasteiger partial charge >= 0.3 is 0 Å². The van der Waals surface area contributed by atoms with Gasteiger partial charge in [-0.1, -0.05) is 62.6 Å². The van der Waals surface area contributed by atoms with Crippen molar-refractivity contribution in [3.63, 3.8) is 0 Å². The van der Waals surface area contributed by atoms with Crippen molar-refractivity contribution < 1.29 is 34.1 Å². The molecule has 2 aromatic carbocycles. The Labute approximate surface area is 281 Å². The number of fused-ring (bicyclic) bond motifs is 3. The topological polar surface area (TPSA) is 120 Å². The van der Waals surface area contributed by atoms with Crippen LogP contribution in [0.2, 0.25) is 0 Å². The molecule has 9 heteroatoms. The maximum Gasteiger partial charge on any atom is 0.211 e. The van der Waals surface area contributed by atoms with Crippen molar-refractivity contribution in [1.82, 2.24) is 5.32 Å². The van der Waals surface area contributed by atoms with Gasteiger partial charge < -0.3 is 34.6 Å². The average Bonchev–Trinajstić information content (AvgIpc) is 3.65. The largest absolute Gasteiger partial charge is 0.506 e. The molecule has 0 aromatic heterocycles. The molecule has 260 valence electrons. The van der Waals surface area contributed by atoms with E-state index >= 15 is 0 Å². The van der Waals surface area contributed by atoms with Crippen LogP contribution < -0.4 is 10.6 Å². The fourth-order valence-electron chi connectivity index (χ4n) is 8.28. The lowest BCUT2D eigenvalue weighted by Crippen LogP contribution is -2.64. The smallest absolute Gasteiger partial charge is 0.211 e. The molecule has 2 bridgehead atoms. The molecular formula is C38H58N3O6+. The standard InChI is InChI=1S/C38H57N3O6/c1-2-11-37(39-25-35(44)30-16-17-34(43)33(24-30)40-28-42)46-23-10-4-9-20-41-21-18-29(19-22-41)36(26-41)47-27-38(45,32-14-7-8-15-32)31-12-5-3-6-13-31/h3,5-6,12-13,16-17,24,28-29,32,35-37,39,44-45H,2,4,7-11,14-15,18-23,25-27H2,1H3,(H-,40,42,43)/p+1/t29?,35-,36-,37?,38+,41?/m0/s1. The number of ether oxygens (including phenoxy) is 2. The average molecular weight is 653 g/mol. The summed E-state index contributed by atoms with van der Waals surface area (Å²) in [6.07, 6.45) is 11.9. The number of quaternary nitrogens is 1. The van der Waals surface area contributed by atoms with Crippen LogP contribution in [0.15, 0.2) is 48.5 Å². The van der Waals surface area contributed by atoms with Crippen molar-refractivity contribution in [3.05, 3.63) is 59.7 Å². The van der Waals surface area contributed by atoms with Gasteiger partial charge in [0, 0.05) is 31.9 Å². The molecule has 1 saturated carbocycles. The molecule has 47 heavy (non-hydrogen) atoms. The number of anilines is 1. The minimum absolute atomic E-state index is 0.0398. The Morgan fingerprint density at radius 1 is 1.04 bits per heavy atom. The molecule has 2 aromatic rings. The molecule has 0 spiro atoms. The van der Waals surface area contributed by atoms with Crippen molar-refractivity contribution in [2.75, 3.05) is 51.3 Å². The first-order valence-electron chi connectivity index (χ1n) is 18.2. The Morgan fingerprint density at radius 3 is 2.53 bits per heavy atom. The zero-order chi connectivity index (χ0) is 33.1. The van der Waals surface area contributed by atoms with Crippen LogP contribution in [-0.4, -0.2) is 84.5 Å². The second kappa shape index (κ2) is 17.2. The monoisotopic (exact) mass is 652 g/mol. The van der Waals surface area contributed by atoms with E-state index in [1.54, 1.807) is 12.1 Å². The number of nitrogens with zero attached hydrogens (tertiary/aromatic N) is 1. The quantitative estimate of drug-likeness (QED) is 0.0415. The molecule has 4 atom stereocenters. The molecule has 3 aliphatic heterocycles. The Kier molecular flexibility index (Phi) is 13.1. The SMILES string of the molecule is CCCC(NC[C@H](O)c1ccc(O)c(NC=O)c1)OCCCCC[N+]12CCC(CC1)[C@@H](OC[C@@](O)(c1ccccc1)C1CCCC1)C2. The van der Waals surface area contributed by atoms with Gasteiger partial charge in [0.1, 0.15) is 30.2 Å². The van der Waals surface area contributed by atoms with E-state index in [1.165, 1.54) is 57.8 Å². The Morgan fingerprint density at radius 2 is 1.81 bits per heavy atom. The minimum Gasteiger partial charge on any atom is -0.506 e. The van der Waals surface area contributed by atoms with Gasteiger partial charge in [-0.3, -0.25) is 10.1 Å². The van der Waals surface area contributed by atoms with E-state index in [2.05, 4.69) is 29.7 Å². The van der Waals surface area contributed by atoms with Gasteiger partial charge in [-0.15, -0.1) is 0 Å². The Hall–Kier alpha value is -2.53. The zero-order valence-electron chi connectivity index (χ0n) is 28.3. The van der Waals surface area contributed by atoms with E-state index in [0.717, 1.165) is 55.1 Å². The number of aliphatic hydroxyl groups excluding tert-OH is 1. The summed E-state index contributed by atoms with van der Waals surface area (Å²) in [5.41, 5.74) is 0.986. The highest BCUT2D eigenvalue weighted by atomic mass is 16.5. The number of carbonyl (C=O) groups is 1. The summed E-state index contributed by atoms with van der Waals surface area (Å²) in [6.45, 7) is 8.23. The molecule has 1 aliphatic carbocycles. The summed E-state index contributed by atoms with van der Waals surface area (Å²) in [5.74, 6) is 0.840. The minimum atomic E-state index is -0.902. The first-order chi connectivity index (χ1) is 22.9. The summed E-state index contributed by atoms with van der Waals surface area (Å²) in [6, 6.07) is 14.9. The number of nitrogens with one attached hydrogen (secondary N) is 2. The van der Waals surface area contributed by atoms with E-state index in [9.17, 15) is 20.1 Å². The lowest BCUT2D eigenvalue weighted by atomic mass is 9.80. The highest BCUT2D eigenvalue weighted by molar-refractivity contribution is 5.75. The van der Waals surface area contributed by atoms with Gasteiger partial charge in [0.15, 0.2) is 0 Å². The molecule has 5 N–H and O–H groups in total. The second-order valence-electron chi connectivity index (χ2n) is 14.3. The number of aromatic hydroxyl groups is 1. The van der Waals surface area contributed by atoms with E-state index in [4.69, 9.17) is 9.47 Å². The normalized spacial score (nSPS) is 25.3. The third-order valence-corrected chi connectivity index (χ3v) is 11.2. The maximum absolute atomic E-state index is 12.0. The summed E-state index contributed by atoms with van der Waals surface area (Å²) >= 11 is 0. The van der Waals surface area contributed by atoms with Crippen LogP contribution >= 0.6 is 0 Å². The number of phenols is 1. The number of hydrogen-bond donors (Lipinski definition) is 5. The van der Waals surface area contributed by atoms with Crippen LogP contribution in [0.5, 0.6) is 5.75 Å². The third-order valence-electron chi connectivity index (χ3n) is 11.2. The third kappa shape index (κ3) is 9.34. The fraction of sp³-hybridized carbons (Fsp3) is 0.658. The molecule has 1 unspecified atom stereocenters. The van der Waals surface area contributed by atoms with Crippen molar-refractivity contribution in [3.8, 4) is 5.75 Å². The molecular weight excluding hydrogens is 594 g/mol. The number of phenolic OH excluding ortho intramolecular Hbond substituents is 1. The van der Waals surface area contributed by atoms with Gasteiger partial charge in [-0.2, -0.15) is 0 Å². The van der Waals surface area contributed by atoms with Gasteiger partial charge in [-0.05, 0) is 67.7 Å². The van der Waals surface area contributed by atoms with Crippen molar-refractivity contribution in [2.24, 2.45) is 11.8 Å². The van der Waals surface area contributed by atoms with Crippen LogP contribution in [0.3, 0.4) is 0 Å². The van der Waals surface area contributed by atoms with E-state index in [1.807, 2.05) is 18.2 Å². The first-order valence-corrected chi connectivity index (χ1v) is 18.2. The van der Waals surface area contributed by atoms with E-state index in [0.29, 0.717) is 37.6 Å². The van der Waals surface area contributed by atoms with E-state index in [-0.39, 0.29) is 29.7 Å². The van der Waals surface area contributed by atoms with Crippen LogP contribution in [0, 0.1) is 11.8 Å². The Bertz CT molecular complexity index is 1230. The highest BCUT2D eigenvalue weighted by Crippen LogP contribution is 2.42. The van der Waals surface area contributed by atoms with Crippen molar-refractivity contribution in [2.45, 2.75) is 102 Å². The lowest BCUT2D eigenvalue weighted by Gasteiger charge is -2.53. The molecule has 4 aliphatic rings. The predicted molar refractivity (Wildman–Crippen MR) is 184 cm³/mol. The number of benzene rings is 2. The molecule has 3 saturated heterocycles. The predicted octanol–water partition coefficient (Wildman–Crippen LogP) is 5.60. The lowest BCUT2D eigenvalue weighted by molar-refractivity contribution is -0.946. The summed E-state index contributed by atoms with van der Waals surface area (Å²) in [5, 5.41) is 38.4. The Balaban J connectivity index is 1.04. The number of rotatable bonds is 20. The summed E-state index contributed by atoms with van der Waals surface area (Å²) in [4.78, 5) is 10.8. The number of hydrogen-bond acceptors (Lipinski definition) is 7. The summed E-state index contributed by atoms with van der Waals surface area (Å²) in [7, 11) is 0. The van der Waals surface area contributed by atoms with Crippen molar-refractivity contribution in [1.29, 1.82) is 0 Å². The van der Waals surface area contributed by atoms with Gasteiger partial charge in [0.05, 0.1) is 38.0 Å². The first kappa shape index (κ1) is 35.8. The molecule has 9 nitrogen and oxygen atoms in total. The van der Waals surface area contributed by atoms with Gasteiger partial charge in [0.25, 0.3) is 0 Å². The van der Waals surface area contributed by atoms with Crippen LogP contribution in [-0.2, 0) is 19.9 Å². The maximum atomic E-state index is 12.0. The molecule has 3 heterocycles. The summed E-state index contributed by atoms with van der Waals surface area (Å²) < 4.78 is 14.1. The van der Waals surface area contributed by atoms with Gasteiger partial charge in [-0.25, -0.2) is 0 Å². The van der Waals surface area contributed by atoms with Crippen LogP contribution in [0.4, 0.5) is 5.69 Å². The zero-order valence-corrected chi connectivity index (χ0v) is 28.3. The number of piperidine rings is 3. The number of aliphatic hydroxyl groups is 2. The molecule has 4 fully saturated rings. The molecule has 0 radical (unpaired) electrons. The highest BCUT2D eigenvalue weighted by Gasteiger charge is 2.48. The van der Waals surface area contributed by atoms with Crippen LogP contribution in [0.1, 0.15) is 94.8 Å². The fourth-order valence-corrected chi connectivity index (χ4v) is 8.28. The molecule has 6 rings (SSSR count). The van der Waals surface area contributed by atoms with Crippen molar-refractivity contribution >= 4 is 12.1 Å². The van der Waals surface area contributed by atoms with E-state index < -0.39 is 11.7 Å².